The Labute approximate surface area is 137 Å². The first-order valence-corrected chi connectivity index (χ1v) is 8.97. The predicted octanol–water partition coefficient (Wildman–Crippen LogP) is 6.04. The van der Waals surface area contributed by atoms with E-state index in [0.717, 1.165) is 25.3 Å². The Morgan fingerprint density at radius 2 is 1.95 bits per heavy atom. The van der Waals surface area contributed by atoms with Gasteiger partial charge in [-0.1, -0.05) is 24.4 Å². The highest BCUT2D eigenvalue weighted by Gasteiger charge is 2.24. The lowest BCUT2D eigenvalue weighted by Gasteiger charge is -2.13. The largest absolute Gasteiger partial charge is 0.231 e. The Hall–Kier alpha value is 0.0300. The SMILES string of the molecule is Clc1nc(-c2sccc2Br)nc(C2CCCC2)c1Br. The van der Waals surface area contributed by atoms with Crippen LogP contribution in [0.2, 0.25) is 5.15 Å². The van der Waals surface area contributed by atoms with Crippen LogP contribution in [-0.4, -0.2) is 9.97 Å². The van der Waals surface area contributed by atoms with Gasteiger partial charge in [0.2, 0.25) is 0 Å². The van der Waals surface area contributed by atoms with Gasteiger partial charge >= 0.3 is 0 Å². The highest BCUT2D eigenvalue weighted by molar-refractivity contribution is 9.11. The van der Waals surface area contributed by atoms with Gasteiger partial charge in [-0.3, -0.25) is 0 Å². The molecular formula is C13H11Br2ClN2S. The second-order valence-electron chi connectivity index (χ2n) is 4.62. The Morgan fingerprint density at radius 1 is 1.21 bits per heavy atom. The smallest absolute Gasteiger partial charge is 0.172 e. The Bertz CT molecular complexity index is 609. The number of aromatic nitrogens is 2. The molecule has 3 rings (SSSR count). The summed E-state index contributed by atoms with van der Waals surface area (Å²) in [5.41, 5.74) is 1.06. The van der Waals surface area contributed by atoms with Crippen LogP contribution >= 0.6 is 54.8 Å². The van der Waals surface area contributed by atoms with Gasteiger partial charge in [-0.2, -0.15) is 0 Å². The van der Waals surface area contributed by atoms with Crippen LogP contribution in [0.5, 0.6) is 0 Å². The fourth-order valence-electron chi connectivity index (χ4n) is 2.46. The monoisotopic (exact) mass is 420 g/mol. The standard InChI is InChI=1S/C13H11Br2ClN2S/c14-8-5-6-19-11(8)13-17-10(7-3-1-2-4-7)9(15)12(16)18-13/h5-7H,1-4H2. The van der Waals surface area contributed by atoms with Gasteiger partial charge in [-0.05, 0) is 56.1 Å². The highest BCUT2D eigenvalue weighted by Crippen LogP contribution is 2.40. The third kappa shape index (κ3) is 2.75. The minimum atomic E-state index is 0.507. The first-order valence-electron chi connectivity index (χ1n) is 6.13. The topological polar surface area (TPSA) is 25.8 Å². The van der Waals surface area contributed by atoms with Crippen molar-refractivity contribution in [3.8, 4) is 10.7 Å². The Kier molecular flexibility index (Phi) is 4.27. The van der Waals surface area contributed by atoms with Gasteiger partial charge in [-0.25, -0.2) is 9.97 Å². The fourth-order valence-corrected chi connectivity index (χ4v) is 4.62. The molecule has 0 radical (unpaired) electrons. The van der Waals surface area contributed by atoms with Crippen LogP contribution in [0.4, 0.5) is 0 Å². The Balaban J connectivity index is 2.10. The van der Waals surface area contributed by atoms with E-state index in [0.29, 0.717) is 11.1 Å². The second-order valence-corrected chi connectivity index (χ2v) is 7.54. The van der Waals surface area contributed by atoms with E-state index < -0.39 is 0 Å². The summed E-state index contributed by atoms with van der Waals surface area (Å²) >= 11 is 15.0. The highest BCUT2D eigenvalue weighted by atomic mass is 79.9. The van der Waals surface area contributed by atoms with Crippen LogP contribution < -0.4 is 0 Å². The summed E-state index contributed by atoms with van der Waals surface area (Å²) in [6.45, 7) is 0. The van der Waals surface area contributed by atoms with Crippen LogP contribution in [-0.2, 0) is 0 Å². The van der Waals surface area contributed by atoms with E-state index in [2.05, 4.69) is 36.8 Å². The van der Waals surface area contributed by atoms with Crippen LogP contribution in [0, 0.1) is 0 Å². The van der Waals surface area contributed by atoms with Crippen LogP contribution in [0.15, 0.2) is 20.4 Å². The third-order valence-electron chi connectivity index (χ3n) is 3.40. The van der Waals surface area contributed by atoms with E-state index in [4.69, 9.17) is 16.6 Å². The summed E-state index contributed by atoms with van der Waals surface area (Å²) in [4.78, 5) is 10.2. The zero-order valence-corrected chi connectivity index (χ0v) is 14.7. The number of rotatable bonds is 2. The number of thiophene rings is 1. The molecule has 0 unspecified atom stereocenters. The molecule has 2 aromatic rings. The average Bonchev–Trinajstić information content (AvgIpc) is 3.03. The van der Waals surface area contributed by atoms with Gasteiger partial charge in [0.1, 0.15) is 5.15 Å². The first-order chi connectivity index (χ1) is 9.16. The van der Waals surface area contributed by atoms with Crippen molar-refractivity contribution in [2.75, 3.05) is 0 Å². The van der Waals surface area contributed by atoms with Gasteiger partial charge in [0, 0.05) is 10.4 Å². The Morgan fingerprint density at radius 3 is 2.58 bits per heavy atom. The molecule has 0 bridgehead atoms. The predicted molar refractivity (Wildman–Crippen MR) is 87.0 cm³/mol. The quantitative estimate of drug-likeness (QED) is 0.551. The maximum Gasteiger partial charge on any atom is 0.172 e. The number of hydrogen-bond donors (Lipinski definition) is 0. The van der Waals surface area contributed by atoms with E-state index in [1.807, 2.05) is 11.4 Å². The fraction of sp³-hybridized carbons (Fsp3) is 0.385. The van der Waals surface area contributed by atoms with Gasteiger partial charge in [0.05, 0.1) is 15.0 Å². The van der Waals surface area contributed by atoms with Crippen molar-refractivity contribution in [3.05, 3.63) is 31.2 Å². The van der Waals surface area contributed by atoms with Crippen molar-refractivity contribution in [2.45, 2.75) is 31.6 Å². The second kappa shape index (κ2) is 5.80. The van der Waals surface area contributed by atoms with Crippen molar-refractivity contribution in [1.29, 1.82) is 0 Å². The van der Waals surface area contributed by atoms with E-state index in [1.54, 1.807) is 11.3 Å². The van der Waals surface area contributed by atoms with Crippen molar-refractivity contribution >= 4 is 54.8 Å². The molecule has 1 saturated carbocycles. The lowest BCUT2D eigenvalue weighted by atomic mass is 10.0. The van der Waals surface area contributed by atoms with E-state index in [-0.39, 0.29) is 0 Å². The van der Waals surface area contributed by atoms with Crippen molar-refractivity contribution in [2.24, 2.45) is 0 Å². The molecule has 0 aliphatic heterocycles. The molecule has 19 heavy (non-hydrogen) atoms. The normalized spacial score (nSPS) is 16.2. The number of halogens is 3. The molecule has 2 aromatic heterocycles. The lowest BCUT2D eigenvalue weighted by molar-refractivity contribution is 0.691. The molecule has 6 heteroatoms. The minimum absolute atomic E-state index is 0.507. The van der Waals surface area contributed by atoms with Crippen LogP contribution in [0.25, 0.3) is 10.7 Å². The van der Waals surface area contributed by atoms with E-state index in [9.17, 15) is 0 Å². The van der Waals surface area contributed by atoms with Crippen molar-refractivity contribution in [1.82, 2.24) is 9.97 Å². The molecule has 0 atom stereocenters. The van der Waals surface area contributed by atoms with E-state index in [1.165, 1.54) is 25.7 Å². The number of nitrogens with zero attached hydrogens (tertiary/aromatic N) is 2. The van der Waals surface area contributed by atoms with Gasteiger partial charge in [0.15, 0.2) is 5.82 Å². The molecule has 0 N–H and O–H groups in total. The molecule has 0 aromatic carbocycles. The molecule has 0 spiro atoms. The molecule has 2 nitrogen and oxygen atoms in total. The molecule has 2 heterocycles. The molecule has 1 aliphatic carbocycles. The van der Waals surface area contributed by atoms with Crippen LogP contribution in [0.1, 0.15) is 37.3 Å². The van der Waals surface area contributed by atoms with Crippen molar-refractivity contribution in [3.63, 3.8) is 0 Å². The number of hydrogen-bond acceptors (Lipinski definition) is 3. The molecule has 1 fully saturated rings. The minimum Gasteiger partial charge on any atom is -0.231 e. The van der Waals surface area contributed by atoms with Gasteiger partial charge < -0.3 is 0 Å². The summed E-state index contributed by atoms with van der Waals surface area (Å²) in [6, 6.07) is 2.01. The summed E-state index contributed by atoms with van der Waals surface area (Å²) in [5, 5.41) is 2.53. The lowest BCUT2D eigenvalue weighted by Crippen LogP contribution is -2.02. The zero-order valence-electron chi connectivity index (χ0n) is 10.00. The first kappa shape index (κ1) is 14.0. The summed E-state index contributed by atoms with van der Waals surface area (Å²) in [7, 11) is 0. The molecule has 1 aliphatic rings. The average molecular weight is 423 g/mol. The van der Waals surface area contributed by atoms with Crippen molar-refractivity contribution < 1.29 is 0 Å². The zero-order chi connectivity index (χ0) is 13.4. The van der Waals surface area contributed by atoms with Crippen LogP contribution in [0.3, 0.4) is 0 Å². The van der Waals surface area contributed by atoms with Gasteiger partial charge in [0.25, 0.3) is 0 Å². The molecule has 0 amide bonds. The maximum absolute atomic E-state index is 6.26. The molecular weight excluding hydrogens is 411 g/mol. The maximum atomic E-state index is 6.26. The third-order valence-corrected chi connectivity index (χ3v) is 6.52. The van der Waals surface area contributed by atoms with E-state index >= 15 is 0 Å². The summed E-state index contributed by atoms with van der Waals surface area (Å²) < 4.78 is 1.88. The summed E-state index contributed by atoms with van der Waals surface area (Å²) in [5.74, 6) is 1.23. The molecule has 100 valence electrons. The van der Waals surface area contributed by atoms with Gasteiger partial charge in [-0.15, -0.1) is 11.3 Å². The summed E-state index contributed by atoms with van der Waals surface area (Å²) in [6.07, 6.45) is 4.93. The molecule has 0 saturated heterocycles.